The van der Waals surface area contributed by atoms with Crippen LogP contribution in [0, 0.1) is 0 Å². The number of nitrogens with one attached hydrogen (secondary N) is 1. The van der Waals surface area contributed by atoms with Crippen molar-refractivity contribution in [2.45, 2.75) is 19.6 Å². The van der Waals surface area contributed by atoms with E-state index in [-0.39, 0.29) is 12.6 Å². The third-order valence-corrected chi connectivity index (χ3v) is 2.08. The molecule has 0 fully saturated rings. The molecule has 79 valence electrons. The lowest BCUT2D eigenvalue weighted by Gasteiger charge is -2.08. The van der Waals surface area contributed by atoms with Crippen molar-refractivity contribution >= 4 is 23.7 Å². The first-order valence-corrected chi connectivity index (χ1v) is 4.98. The summed E-state index contributed by atoms with van der Waals surface area (Å²) in [6.07, 6.45) is -0.483. The van der Waals surface area contributed by atoms with E-state index in [1.807, 2.05) is 30.3 Å². The average Bonchev–Trinajstić information content (AvgIpc) is 2.27. The predicted molar refractivity (Wildman–Crippen MR) is 61.8 cm³/mol. The van der Waals surface area contributed by atoms with Crippen LogP contribution >= 0.6 is 12.2 Å². The number of benzene rings is 1. The van der Waals surface area contributed by atoms with E-state index in [2.05, 4.69) is 22.9 Å². The first-order valence-electron chi connectivity index (χ1n) is 4.57. The summed E-state index contributed by atoms with van der Waals surface area (Å²) in [6.45, 7) is 1.99. The number of thiocarbonyl (C=S) groups is 1. The van der Waals surface area contributed by atoms with Crippen molar-refractivity contribution in [3.63, 3.8) is 0 Å². The molecule has 15 heavy (non-hydrogen) atoms. The number of carbonyl (C=O) groups is 1. The topological polar surface area (TPSA) is 38.3 Å². The minimum Gasteiger partial charge on any atom is -0.445 e. The largest absolute Gasteiger partial charge is 0.445 e. The Morgan fingerprint density at radius 3 is 2.80 bits per heavy atom. The quantitative estimate of drug-likeness (QED) is 0.793. The average molecular weight is 222 g/mol. The number of rotatable bonds is 4. The molecule has 1 amide bonds. The molecule has 0 aromatic heterocycles. The maximum Gasteiger partial charge on any atom is 0.407 e. The van der Waals surface area contributed by atoms with E-state index in [4.69, 9.17) is 4.74 Å². The van der Waals surface area contributed by atoms with Gasteiger partial charge in [-0.2, -0.15) is 0 Å². The van der Waals surface area contributed by atoms with Gasteiger partial charge in [0.2, 0.25) is 0 Å². The lowest BCUT2D eigenvalue weighted by atomic mass is 10.2. The molecular formula is C11H12NO2S. The van der Waals surface area contributed by atoms with Crippen LogP contribution in [0.1, 0.15) is 12.5 Å². The molecule has 0 saturated carbocycles. The number of carbonyl (C=O) groups excluding carboxylic acids is 1. The van der Waals surface area contributed by atoms with Gasteiger partial charge in [-0.15, -0.1) is 0 Å². The molecule has 1 N–H and O–H groups in total. The lowest BCUT2D eigenvalue weighted by Crippen LogP contribution is -2.33. The molecule has 3 nitrogen and oxygen atoms in total. The van der Waals surface area contributed by atoms with Gasteiger partial charge in [-0.25, -0.2) is 4.79 Å². The molecule has 0 heterocycles. The van der Waals surface area contributed by atoms with Crippen molar-refractivity contribution < 1.29 is 9.53 Å². The molecule has 0 aliphatic rings. The van der Waals surface area contributed by atoms with Crippen molar-refractivity contribution in [1.29, 1.82) is 0 Å². The summed E-state index contributed by atoms with van der Waals surface area (Å²) >= 11 is 4.55. The van der Waals surface area contributed by atoms with E-state index in [0.29, 0.717) is 0 Å². The minimum atomic E-state index is -0.483. The Balaban J connectivity index is 2.31. The zero-order chi connectivity index (χ0) is 11.1. The molecule has 1 atom stereocenters. The molecule has 0 bridgehead atoms. The van der Waals surface area contributed by atoms with Gasteiger partial charge in [-0.05, 0) is 12.5 Å². The van der Waals surface area contributed by atoms with Gasteiger partial charge in [0, 0.05) is 0 Å². The molecule has 4 heteroatoms. The Labute approximate surface area is 94.4 Å². The van der Waals surface area contributed by atoms with Gasteiger partial charge in [-0.3, -0.25) is 0 Å². The third kappa shape index (κ3) is 4.56. The standard InChI is InChI=1S/C11H12NO2S/c1-9(8-15)12-11(13)14-7-10-5-3-2-4-6-10/h2-6,9H,7H2,1H3,(H,12,13). The van der Waals surface area contributed by atoms with Crippen LogP contribution in [-0.4, -0.2) is 17.5 Å². The summed E-state index contributed by atoms with van der Waals surface area (Å²) in [7, 11) is 0. The van der Waals surface area contributed by atoms with E-state index in [1.54, 1.807) is 6.92 Å². The van der Waals surface area contributed by atoms with Gasteiger partial charge in [0.25, 0.3) is 0 Å². The van der Waals surface area contributed by atoms with Gasteiger partial charge in [-0.1, -0.05) is 42.5 Å². The number of amides is 1. The van der Waals surface area contributed by atoms with E-state index >= 15 is 0 Å². The van der Waals surface area contributed by atoms with E-state index in [1.165, 1.54) is 0 Å². The third-order valence-electron chi connectivity index (χ3n) is 1.72. The highest BCUT2D eigenvalue weighted by Crippen LogP contribution is 2.00. The maximum absolute atomic E-state index is 11.2. The zero-order valence-corrected chi connectivity index (χ0v) is 9.21. The Hall–Kier alpha value is -1.42. The Bertz CT molecular complexity index is 327. The molecular weight excluding hydrogens is 210 g/mol. The summed E-state index contributed by atoms with van der Waals surface area (Å²) in [5, 5.41) is 4.99. The van der Waals surface area contributed by atoms with Gasteiger partial charge < -0.3 is 10.1 Å². The molecule has 1 rings (SSSR count). The molecule has 0 saturated heterocycles. The smallest absolute Gasteiger partial charge is 0.407 e. The van der Waals surface area contributed by atoms with Crippen molar-refractivity contribution in [2.24, 2.45) is 0 Å². The molecule has 0 aliphatic carbocycles. The van der Waals surface area contributed by atoms with E-state index in [9.17, 15) is 4.79 Å². The first kappa shape index (κ1) is 11.7. The Kier molecular flexibility index (Phi) is 4.77. The zero-order valence-electron chi connectivity index (χ0n) is 8.40. The fourth-order valence-electron chi connectivity index (χ4n) is 0.971. The molecule has 0 spiro atoms. The van der Waals surface area contributed by atoms with Gasteiger partial charge in [0.15, 0.2) is 0 Å². The molecule has 1 radical (unpaired) electrons. The highest BCUT2D eigenvalue weighted by Gasteiger charge is 2.05. The SMILES string of the molecule is CC([C]=S)NC(=O)OCc1ccccc1. The van der Waals surface area contributed by atoms with Crippen LogP contribution < -0.4 is 5.32 Å². The number of hydrogen-bond acceptors (Lipinski definition) is 3. The van der Waals surface area contributed by atoms with Crippen LogP contribution in [0.15, 0.2) is 30.3 Å². The molecule has 1 aromatic rings. The Morgan fingerprint density at radius 1 is 1.53 bits per heavy atom. The predicted octanol–water partition coefficient (Wildman–Crippen LogP) is 2.18. The maximum atomic E-state index is 11.2. The minimum absolute atomic E-state index is 0.261. The summed E-state index contributed by atoms with van der Waals surface area (Å²) in [4.78, 5) is 11.2. The summed E-state index contributed by atoms with van der Waals surface area (Å²) in [5.41, 5.74) is 0.951. The van der Waals surface area contributed by atoms with E-state index < -0.39 is 6.09 Å². The van der Waals surface area contributed by atoms with Crippen molar-refractivity contribution in [3.05, 3.63) is 35.9 Å². The summed E-state index contributed by atoms with van der Waals surface area (Å²) in [6, 6.07) is 9.20. The van der Waals surface area contributed by atoms with Crippen LogP contribution in [-0.2, 0) is 11.3 Å². The van der Waals surface area contributed by atoms with Crippen LogP contribution in [0.5, 0.6) is 0 Å². The van der Waals surface area contributed by atoms with Crippen LogP contribution in [0.3, 0.4) is 0 Å². The second-order valence-corrected chi connectivity index (χ2v) is 3.28. The van der Waals surface area contributed by atoms with Crippen molar-refractivity contribution in [2.75, 3.05) is 0 Å². The molecule has 0 aliphatic heterocycles. The number of hydrogen-bond donors (Lipinski definition) is 1. The van der Waals surface area contributed by atoms with Gasteiger partial charge in [0.1, 0.15) is 6.61 Å². The summed E-state index contributed by atoms with van der Waals surface area (Å²) < 4.78 is 4.96. The number of alkyl carbamates (subject to hydrolysis) is 1. The van der Waals surface area contributed by atoms with Crippen molar-refractivity contribution in [1.82, 2.24) is 5.32 Å². The highest BCUT2D eigenvalue weighted by atomic mass is 32.1. The Morgan fingerprint density at radius 2 is 2.20 bits per heavy atom. The van der Waals surface area contributed by atoms with Crippen LogP contribution in [0.4, 0.5) is 4.79 Å². The van der Waals surface area contributed by atoms with Gasteiger partial charge in [0.05, 0.1) is 11.4 Å². The molecule has 1 aromatic carbocycles. The highest BCUT2D eigenvalue weighted by molar-refractivity contribution is 7.79. The lowest BCUT2D eigenvalue weighted by molar-refractivity contribution is 0.139. The van der Waals surface area contributed by atoms with Crippen LogP contribution in [0.25, 0.3) is 0 Å². The van der Waals surface area contributed by atoms with Crippen LogP contribution in [0.2, 0.25) is 0 Å². The molecule has 1 unspecified atom stereocenters. The van der Waals surface area contributed by atoms with Gasteiger partial charge >= 0.3 is 6.09 Å². The normalized spacial score (nSPS) is 11.5. The summed E-state index contributed by atoms with van der Waals surface area (Å²) in [5.74, 6) is 0. The van der Waals surface area contributed by atoms with Crippen molar-refractivity contribution in [3.8, 4) is 0 Å². The second kappa shape index (κ2) is 6.14. The first-order chi connectivity index (χ1) is 7.22. The monoisotopic (exact) mass is 222 g/mol. The second-order valence-electron chi connectivity index (χ2n) is 3.05. The fourth-order valence-corrected chi connectivity index (χ4v) is 1.03. The number of ether oxygens (including phenoxy) is 1. The fraction of sp³-hybridized carbons (Fsp3) is 0.273. The van der Waals surface area contributed by atoms with E-state index in [0.717, 1.165) is 5.56 Å².